The van der Waals surface area contributed by atoms with Crippen molar-refractivity contribution < 1.29 is 9.59 Å². The maximum Gasteiger partial charge on any atom is 0.258 e. The number of anilines is 2. The molecule has 0 aliphatic rings. The molecule has 7 heteroatoms. The molecule has 2 amide bonds. The lowest BCUT2D eigenvalue weighted by Gasteiger charge is -2.18. The number of aromatic nitrogens is 1. The fourth-order valence-electron chi connectivity index (χ4n) is 3.42. The highest BCUT2D eigenvalue weighted by Gasteiger charge is 2.20. The third-order valence-electron chi connectivity index (χ3n) is 4.99. The van der Waals surface area contributed by atoms with Gasteiger partial charge in [0.1, 0.15) is 5.82 Å². The molecule has 35 heavy (non-hydrogen) atoms. The van der Waals surface area contributed by atoms with Crippen LogP contribution in [0.1, 0.15) is 70.7 Å². The molecule has 0 saturated heterocycles. The summed E-state index contributed by atoms with van der Waals surface area (Å²) in [7, 11) is 0. The molecular weight excluding hydrogens is 478 g/mol. The summed E-state index contributed by atoms with van der Waals surface area (Å²) in [6, 6.07) is 10.8. The van der Waals surface area contributed by atoms with Gasteiger partial charge in [-0.3, -0.25) is 9.59 Å². The standard InChI is InChI=1S/C24H26ClN3O2S.C4H10/c1-3-5-16(6-4-2)23(29)27-21-9-7-17(18-11-12-31-15-18)13-20(21)24(30)28-22-10-8-19(25)14-26-22;1-4(2)3/h7-16H,3-6H2,1-2H3,(H,27,29)(H,26,28,30);4H,1-3H3. The van der Waals surface area contributed by atoms with E-state index in [1.807, 2.05) is 22.9 Å². The van der Waals surface area contributed by atoms with Crippen LogP contribution in [-0.2, 0) is 4.79 Å². The second-order valence-electron chi connectivity index (χ2n) is 9.08. The van der Waals surface area contributed by atoms with E-state index in [9.17, 15) is 9.59 Å². The van der Waals surface area contributed by atoms with E-state index in [1.165, 1.54) is 6.20 Å². The lowest BCUT2D eigenvalue weighted by Crippen LogP contribution is -2.25. The van der Waals surface area contributed by atoms with Gasteiger partial charge in [-0.25, -0.2) is 4.98 Å². The molecule has 0 fully saturated rings. The van der Waals surface area contributed by atoms with E-state index in [0.29, 0.717) is 22.1 Å². The molecule has 2 heterocycles. The highest BCUT2D eigenvalue weighted by molar-refractivity contribution is 7.08. The summed E-state index contributed by atoms with van der Waals surface area (Å²) in [6.45, 7) is 10.6. The van der Waals surface area contributed by atoms with Crippen molar-refractivity contribution in [2.45, 2.75) is 60.3 Å². The van der Waals surface area contributed by atoms with Gasteiger partial charge < -0.3 is 10.6 Å². The molecule has 0 unspecified atom stereocenters. The van der Waals surface area contributed by atoms with Gasteiger partial charge in [-0.2, -0.15) is 11.3 Å². The largest absolute Gasteiger partial charge is 0.325 e. The molecule has 3 rings (SSSR count). The van der Waals surface area contributed by atoms with Gasteiger partial charge in [0.2, 0.25) is 5.91 Å². The second-order valence-corrected chi connectivity index (χ2v) is 10.3. The minimum Gasteiger partial charge on any atom is -0.325 e. The summed E-state index contributed by atoms with van der Waals surface area (Å²) in [6.07, 6.45) is 4.99. The highest BCUT2D eigenvalue weighted by Crippen LogP contribution is 2.28. The van der Waals surface area contributed by atoms with Crippen LogP contribution >= 0.6 is 22.9 Å². The molecule has 1 aromatic carbocycles. The van der Waals surface area contributed by atoms with Crippen molar-refractivity contribution >= 4 is 46.3 Å². The van der Waals surface area contributed by atoms with Crippen molar-refractivity contribution in [3.05, 3.63) is 63.9 Å². The van der Waals surface area contributed by atoms with Crippen LogP contribution in [0.3, 0.4) is 0 Å². The number of pyridine rings is 1. The van der Waals surface area contributed by atoms with Crippen LogP contribution in [0.25, 0.3) is 11.1 Å². The fourth-order valence-corrected chi connectivity index (χ4v) is 4.20. The van der Waals surface area contributed by atoms with Gasteiger partial charge in [0.05, 0.1) is 16.3 Å². The molecule has 0 spiro atoms. The maximum atomic E-state index is 13.1. The van der Waals surface area contributed by atoms with Gasteiger partial charge in [-0.1, -0.05) is 65.1 Å². The Bertz CT molecular complexity index is 1060. The second kappa shape index (κ2) is 14.6. The third kappa shape index (κ3) is 9.46. The lowest BCUT2D eigenvalue weighted by molar-refractivity contribution is -0.120. The number of carbonyl (C=O) groups excluding carboxylic acids is 2. The highest BCUT2D eigenvalue weighted by atomic mass is 35.5. The van der Waals surface area contributed by atoms with Gasteiger partial charge in [0.15, 0.2) is 0 Å². The molecule has 2 N–H and O–H groups in total. The van der Waals surface area contributed by atoms with Crippen LogP contribution in [0.4, 0.5) is 11.5 Å². The van der Waals surface area contributed by atoms with Crippen LogP contribution < -0.4 is 10.6 Å². The summed E-state index contributed by atoms with van der Waals surface area (Å²) in [5.74, 6) is 0.762. The molecule has 0 saturated carbocycles. The minimum absolute atomic E-state index is 0.0503. The van der Waals surface area contributed by atoms with Crippen LogP contribution in [0.2, 0.25) is 5.02 Å². The van der Waals surface area contributed by atoms with E-state index < -0.39 is 0 Å². The first kappa shape index (κ1) is 28.5. The van der Waals surface area contributed by atoms with Gasteiger partial charge in [0.25, 0.3) is 5.91 Å². The predicted molar refractivity (Wildman–Crippen MR) is 149 cm³/mol. The monoisotopic (exact) mass is 513 g/mol. The van der Waals surface area contributed by atoms with Gasteiger partial charge >= 0.3 is 0 Å². The number of thiophene rings is 1. The predicted octanol–water partition coefficient (Wildman–Crippen LogP) is 8.53. The Morgan fingerprint density at radius 2 is 1.66 bits per heavy atom. The average Bonchev–Trinajstić information content (AvgIpc) is 3.35. The van der Waals surface area contributed by atoms with Gasteiger partial charge in [-0.05, 0) is 71.0 Å². The number of benzene rings is 1. The molecule has 0 aliphatic heterocycles. The Morgan fingerprint density at radius 1 is 0.971 bits per heavy atom. The molecule has 188 valence electrons. The Labute approximate surface area is 218 Å². The quantitative estimate of drug-likeness (QED) is 0.301. The van der Waals surface area contributed by atoms with Gasteiger partial charge in [0, 0.05) is 12.1 Å². The first-order valence-corrected chi connectivity index (χ1v) is 13.5. The molecule has 0 aliphatic carbocycles. The zero-order valence-electron chi connectivity index (χ0n) is 21.2. The zero-order chi connectivity index (χ0) is 25.8. The van der Waals surface area contributed by atoms with E-state index in [-0.39, 0.29) is 17.7 Å². The van der Waals surface area contributed by atoms with E-state index in [2.05, 4.69) is 50.2 Å². The SMILES string of the molecule is CC(C)C.CCCC(CCC)C(=O)Nc1ccc(-c2ccsc2)cc1C(=O)Nc1ccc(Cl)cn1. The van der Waals surface area contributed by atoms with E-state index in [0.717, 1.165) is 42.7 Å². The van der Waals surface area contributed by atoms with Crippen molar-refractivity contribution in [1.29, 1.82) is 0 Å². The van der Waals surface area contributed by atoms with Crippen LogP contribution in [0.5, 0.6) is 0 Å². The molecular formula is C28H36ClN3O2S. The maximum absolute atomic E-state index is 13.1. The van der Waals surface area contributed by atoms with E-state index in [4.69, 9.17) is 11.6 Å². The number of nitrogens with one attached hydrogen (secondary N) is 2. The Hall–Kier alpha value is -2.70. The van der Waals surface area contributed by atoms with Crippen molar-refractivity contribution in [1.82, 2.24) is 4.98 Å². The minimum atomic E-state index is -0.343. The smallest absolute Gasteiger partial charge is 0.258 e. The van der Waals surface area contributed by atoms with Crippen LogP contribution in [0, 0.1) is 11.8 Å². The molecule has 3 aromatic rings. The number of rotatable bonds is 9. The van der Waals surface area contributed by atoms with Crippen LogP contribution in [0.15, 0.2) is 53.4 Å². The fraction of sp³-hybridized carbons (Fsp3) is 0.393. The summed E-state index contributed by atoms with van der Waals surface area (Å²) in [4.78, 5) is 30.2. The normalized spacial score (nSPS) is 10.6. The lowest BCUT2D eigenvalue weighted by atomic mass is 9.96. The van der Waals surface area contributed by atoms with Gasteiger partial charge in [-0.15, -0.1) is 0 Å². The number of hydrogen-bond donors (Lipinski definition) is 2. The van der Waals surface area contributed by atoms with Crippen molar-refractivity contribution in [2.75, 3.05) is 10.6 Å². The Kier molecular flexibility index (Phi) is 11.9. The summed E-state index contributed by atoms with van der Waals surface area (Å²) in [5, 5.41) is 10.3. The summed E-state index contributed by atoms with van der Waals surface area (Å²) >= 11 is 7.47. The molecule has 0 bridgehead atoms. The molecule has 0 radical (unpaired) electrons. The Balaban J connectivity index is 0.00000100. The van der Waals surface area contributed by atoms with E-state index >= 15 is 0 Å². The molecule has 0 atom stereocenters. The molecule has 5 nitrogen and oxygen atoms in total. The third-order valence-corrected chi connectivity index (χ3v) is 5.90. The van der Waals surface area contributed by atoms with E-state index in [1.54, 1.807) is 35.6 Å². The summed E-state index contributed by atoms with van der Waals surface area (Å²) < 4.78 is 0. The first-order valence-electron chi connectivity index (χ1n) is 12.1. The zero-order valence-corrected chi connectivity index (χ0v) is 22.8. The number of amides is 2. The number of halogens is 1. The number of hydrogen-bond acceptors (Lipinski definition) is 4. The van der Waals surface area contributed by atoms with Crippen molar-refractivity contribution in [2.24, 2.45) is 11.8 Å². The van der Waals surface area contributed by atoms with Crippen molar-refractivity contribution in [3.8, 4) is 11.1 Å². The Morgan fingerprint density at radius 3 is 2.20 bits per heavy atom. The topological polar surface area (TPSA) is 71.1 Å². The van der Waals surface area contributed by atoms with Crippen LogP contribution in [-0.4, -0.2) is 16.8 Å². The summed E-state index contributed by atoms with van der Waals surface area (Å²) in [5.41, 5.74) is 2.82. The molecule has 2 aromatic heterocycles. The van der Waals surface area contributed by atoms with Crippen molar-refractivity contribution in [3.63, 3.8) is 0 Å². The number of carbonyl (C=O) groups is 2. The first-order chi connectivity index (χ1) is 16.7. The average molecular weight is 514 g/mol. The number of nitrogens with zero attached hydrogens (tertiary/aromatic N) is 1.